The molecule has 0 saturated heterocycles. The summed E-state index contributed by atoms with van der Waals surface area (Å²) < 4.78 is 6.38. The van der Waals surface area contributed by atoms with Gasteiger partial charge < -0.3 is 4.74 Å². The minimum Gasteiger partial charge on any atom is -0.488 e. The van der Waals surface area contributed by atoms with Crippen LogP contribution in [0, 0.1) is 17.3 Å². The molecule has 1 aliphatic carbocycles. The van der Waals surface area contributed by atoms with Crippen LogP contribution >= 0.6 is 0 Å². The van der Waals surface area contributed by atoms with Gasteiger partial charge in [-0.2, -0.15) is 0 Å². The Morgan fingerprint density at radius 1 is 0.852 bits per heavy atom. The quantitative estimate of drug-likeness (QED) is 0.501. The molecule has 1 aromatic carbocycles. The third-order valence-electron chi connectivity index (χ3n) is 5.34. The average Bonchev–Trinajstić information content (AvgIpc) is 2.54. The highest BCUT2D eigenvalue weighted by Gasteiger charge is 2.32. The first-order valence-electron chi connectivity index (χ1n) is 11.2. The third kappa shape index (κ3) is 9.67. The summed E-state index contributed by atoms with van der Waals surface area (Å²) >= 11 is 0. The standard InChI is InChI=1S/C22H36O.C4H10/c1-17(16-21(2,3)4)18-12-14-20(15-13-18)23-22(5,6)19-10-8-7-9-11-19;1-4(2)3/h12-15,17,19H,7-11,16H2,1-6H3;4H,1-3H3. The normalized spacial score (nSPS) is 17.3. The summed E-state index contributed by atoms with van der Waals surface area (Å²) in [6.07, 6.45) is 7.95. The van der Waals surface area contributed by atoms with Crippen LogP contribution in [0.2, 0.25) is 0 Å². The first kappa shape index (κ1) is 24.1. The maximum absolute atomic E-state index is 6.38. The van der Waals surface area contributed by atoms with Crippen molar-refractivity contribution in [2.45, 2.75) is 112 Å². The van der Waals surface area contributed by atoms with Gasteiger partial charge in [-0.15, -0.1) is 0 Å². The van der Waals surface area contributed by atoms with Crippen LogP contribution in [0.25, 0.3) is 0 Å². The van der Waals surface area contributed by atoms with E-state index in [1.54, 1.807) is 0 Å². The Morgan fingerprint density at radius 3 is 1.78 bits per heavy atom. The first-order valence-corrected chi connectivity index (χ1v) is 11.2. The van der Waals surface area contributed by atoms with E-state index in [9.17, 15) is 0 Å². The van der Waals surface area contributed by atoms with Gasteiger partial charge in [0.25, 0.3) is 0 Å². The van der Waals surface area contributed by atoms with E-state index in [1.165, 1.54) is 44.1 Å². The van der Waals surface area contributed by atoms with Crippen LogP contribution < -0.4 is 4.74 Å². The van der Waals surface area contributed by atoms with Crippen molar-refractivity contribution in [3.63, 3.8) is 0 Å². The molecule has 0 spiro atoms. The molecule has 0 heterocycles. The van der Waals surface area contributed by atoms with Gasteiger partial charge in [0, 0.05) is 0 Å². The van der Waals surface area contributed by atoms with Crippen molar-refractivity contribution < 1.29 is 4.74 Å². The lowest BCUT2D eigenvalue weighted by atomic mass is 9.78. The maximum Gasteiger partial charge on any atom is 0.120 e. The van der Waals surface area contributed by atoms with Gasteiger partial charge in [0.05, 0.1) is 0 Å². The van der Waals surface area contributed by atoms with E-state index >= 15 is 0 Å². The van der Waals surface area contributed by atoms with Crippen molar-refractivity contribution in [2.24, 2.45) is 17.3 Å². The zero-order chi connectivity index (χ0) is 20.7. The molecule has 1 saturated carbocycles. The SMILES string of the molecule is CC(C)C.CC(CC(C)(C)C)c1ccc(OC(C)(C)C2CCCCC2)cc1. The van der Waals surface area contributed by atoms with E-state index in [-0.39, 0.29) is 5.60 Å². The molecule has 1 heteroatoms. The van der Waals surface area contributed by atoms with Crippen molar-refractivity contribution in [2.75, 3.05) is 0 Å². The Kier molecular flexibility index (Phi) is 9.39. The molecule has 0 N–H and O–H groups in total. The summed E-state index contributed by atoms with van der Waals surface area (Å²) in [6.45, 7) is 20.3. The average molecular weight is 375 g/mol. The lowest BCUT2D eigenvalue weighted by Gasteiger charge is -2.37. The summed E-state index contributed by atoms with van der Waals surface area (Å²) in [5.41, 5.74) is 1.74. The topological polar surface area (TPSA) is 9.23 Å². The minimum atomic E-state index is -0.0566. The van der Waals surface area contributed by atoms with Crippen molar-refractivity contribution in [1.29, 1.82) is 0 Å². The molecule has 156 valence electrons. The number of rotatable bonds is 5. The third-order valence-corrected chi connectivity index (χ3v) is 5.34. The second-order valence-electron chi connectivity index (χ2n) is 11.0. The number of benzene rings is 1. The molecule has 0 aromatic heterocycles. The van der Waals surface area contributed by atoms with E-state index in [0.717, 1.165) is 11.7 Å². The Morgan fingerprint density at radius 2 is 1.33 bits per heavy atom. The Bertz CT molecular complexity index is 509. The predicted molar refractivity (Wildman–Crippen MR) is 121 cm³/mol. The van der Waals surface area contributed by atoms with Crippen molar-refractivity contribution in [1.82, 2.24) is 0 Å². The fourth-order valence-corrected chi connectivity index (χ4v) is 4.09. The molecule has 0 radical (unpaired) electrons. The second kappa shape index (κ2) is 10.5. The Hall–Kier alpha value is -0.980. The molecule has 27 heavy (non-hydrogen) atoms. The maximum atomic E-state index is 6.38. The Balaban J connectivity index is 0.000000828. The molecule has 0 bridgehead atoms. The smallest absolute Gasteiger partial charge is 0.120 e. The molecular formula is C26H46O. The van der Waals surface area contributed by atoms with E-state index < -0.39 is 0 Å². The van der Waals surface area contributed by atoms with Gasteiger partial charge >= 0.3 is 0 Å². The second-order valence-corrected chi connectivity index (χ2v) is 11.0. The zero-order valence-electron chi connectivity index (χ0n) is 19.7. The van der Waals surface area contributed by atoms with Crippen LogP contribution in [-0.4, -0.2) is 5.60 Å². The van der Waals surface area contributed by atoms with Gasteiger partial charge in [-0.25, -0.2) is 0 Å². The van der Waals surface area contributed by atoms with Crippen LogP contribution in [0.5, 0.6) is 5.75 Å². The monoisotopic (exact) mass is 374 g/mol. The van der Waals surface area contributed by atoms with Crippen LogP contribution in [-0.2, 0) is 0 Å². The molecule has 1 atom stereocenters. The highest BCUT2D eigenvalue weighted by molar-refractivity contribution is 5.30. The lowest BCUT2D eigenvalue weighted by molar-refractivity contribution is 0.0252. The van der Waals surface area contributed by atoms with E-state index in [4.69, 9.17) is 4.74 Å². The van der Waals surface area contributed by atoms with Gasteiger partial charge in [-0.1, -0.05) is 79.9 Å². The number of hydrogen-bond donors (Lipinski definition) is 0. The molecule has 1 unspecified atom stereocenters. The van der Waals surface area contributed by atoms with Gasteiger partial charge in [-0.05, 0) is 74.0 Å². The fourth-order valence-electron chi connectivity index (χ4n) is 4.09. The molecule has 1 aromatic rings. The molecule has 1 aliphatic rings. The van der Waals surface area contributed by atoms with Crippen LogP contribution in [0.4, 0.5) is 0 Å². The van der Waals surface area contributed by atoms with E-state index in [2.05, 4.69) is 86.6 Å². The summed E-state index contributed by atoms with van der Waals surface area (Å²) in [5, 5.41) is 0. The van der Waals surface area contributed by atoms with Crippen molar-refractivity contribution in [3.05, 3.63) is 29.8 Å². The molecule has 0 amide bonds. The predicted octanol–water partition coefficient (Wildman–Crippen LogP) is 8.63. The van der Waals surface area contributed by atoms with Crippen molar-refractivity contribution in [3.8, 4) is 5.75 Å². The zero-order valence-corrected chi connectivity index (χ0v) is 19.7. The van der Waals surface area contributed by atoms with Gasteiger partial charge in [0.15, 0.2) is 0 Å². The summed E-state index contributed by atoms with van der Waals surface area (Å²) in [7, 11) is 0. The summed E-state index contributed by atoms with van der Waals surface area (Å²) in [5.74, 6) is 3.14. The fraction of sp³-hybridized carbons (Fsp3) is 0.769. The van der Waals surface area contributed by atoms with E-state index in [0.29, 0.717) is 17.3 Å². The van der Waals surface area contributed by atoms with Gasteiger partial charge in [-0.3, -0.25) is 0 Å². The lowest BCUT2D eigenvalue weighted by Crippen LogP contribution is -2.38. The van der Waals surface area contributed by atoms with Gasteiger partial charge in [0.2, 0.25) is 0 Å². The van der Waals surface area contributed by atoms with Crippen molar-refractivity contribution >= 4 is 0 Å². The number of ether oxygens (including phenoxy) is 1. The molecular weight excluding hydrogens is 328 g/mol. The number of hydrogen-bond acceptors (Lipinski definition) is 1. The van der Waals surface area contributed by atoms with Crippen LogP contribution in [0.1, 0.15) is 112 Å². The van der Waals surface area contributed by atoms with E-state index in [1.807, 2.05) is 0 Å². The van der Waals surface area contributed by atoms with Gasteiger partial charge in [0.1, 0.15) is 11.4 Å². The summed E-state index contributed by atoms with van der Waals surface area (Å²) in [4.78, 5) is 0. The first-order chi connectivity index (χ1) is 12.4. The van der Waals surface area contributed by atoms with Crippen LogP contribution in [0.15, 0.2) is 24.3 Å². The summed E-state index contributed by atoms with van der Waals surface area (Å²) in [6, 6.07) is 8.84. The molecule has 2 rings (SSSR count). The molecule has 0 aliphatic heterocycles. The minimum absolute atomic E-state index is 0.0566. The Labute approximate surface area is 170 Å². The highest BCUT2D eigenvalue weighted by atomic mass is 16.5. The van der Waals surface area contributed by atoms with Crippen LogP contribution in [0.3, 0.4) is 0 Å². The largest absolute Gasteiger partial charge is 0.488 e. The highest BCUT2D eigenvalue weighted by Crippen LogP contribution is 2.36. The molecule has 1 nitrogen and oxygen atoms in total. The molecule has 1 fully saturated rings.